The van der Waals surface area contributed by atoms with Gasteiger partial charge in [0.05, 0.1) is 17.8 Å². The zero-order valence-corrected chi connectivity index (χ0v) is 18.6. The van der Waals surface area contributed by atoms with E-state index in [0.29, 0.717) is 34.3 Å². The molecule has 170 valence electrons. The number of aryl methyl sites for hydroxylation is 2. The third-order valence-corrected chi connectivity index (χ3v) is 6.20. The molecule has 9 nitrogen and oxygen atoms in total. The summed E-state index contributed by atoms with van der Waals surface area (Å²) in [6.45, 7) is 6.52. The molecule has 0 bridgehead atoms. The fraction of sp³-hybridized carbons (Fsp3) is 0.500. The summed E-state index contributed by atoms with van der Waals surface area (Å²) in [6, 6.07) is 1.08. The molecule has 32 heavy (non-hydrogen) atoms. The summed E-state index contributed by atoms with van der Waals surface area (Å²) >= 11 is 0. The summed E-state index contributed by atoms with van der Waals surface area (Å²) in [5.74, 6) is -1.44. The van der Waals surface area contributed by atoms with Crippen LogP contribution in [0.3, 0.4) is 0 Å². The lowest BCUT2D eigenvalue weighted by Gasteiger charge is -2.27. The Hall–Kier alpha value is -3.30. The fourth-order valence-electron chi connectivity index (χ4n) is 4.57. The SMILES string of the molecule is CC(C)=C(F)CNC(=O)[C@@H]1C[C@H]2C[C@H]2N1C(=O)Cn1nc(C(N)=O)c2cc(C)nc(C)c21. The number of amides is 3. The number of carbonyl (C=O) groups excluding carboxylic acids is 3. The first-order valence-corrected chi connectivity index (χ1v) is 10.6. The molecule has 4 rings (SSSR count). The van der Waals surface area contributed by atoms with E-state index in [-0.39, 0.29) is 48.4 Å². The van der Waals surface area contributed by atoms with E-state index in [1.807, 2.05) is 0 Å². The van der Waals surface area contributed by atoms with E-state index < -0.39 is 11.9 Å². The molecule has 3 N–H and O–H groups in total. The number of fused-ring (bicyclic) bond motifs is 2. The van der Waals surface area contributed by atoms with Crippen LogP contribution >= 0.6 is 0 Å². The molecule has 2 aliphatic rings. The van der Waals surface area contributed by atoms with E-state index in [1.165, 1.54) is 4.68 Å². The molecule has 1 aliphatic carbocycles. The van der Waals surface area contributed by atoms with Crippen molar-refractivity contribution < 1.29 is 18.8 Å². The Morgan fingerprint density at radius 1 is 1.25 bits per heavy atom. The lowest BCUT2D eigenvalue weighted by Crippen LogP contribution is -2.49. The van der Waals surface area contributed by atoms with Crippen molar-refractivity contribution in [3.63, 3.8) is 0 Å². The number of pyridine rings is 1. The van der Waals surface area contributed by atoms with Crippen molar-refractivity contribution in [3.8, 4) is 0 Å². The maximum absolute atomic E-state index is 13.8. The lowest BCUT2D eigenvalue weighted by molar-refractivity contribution is -0.140. The molecule has 3 atom stereocenters. The number of hydrogen-bond acceptors (Lipinski definition) is 5. The molecule has 3 amide bonds. The second-order valence-electron chi connectivity index (χ2n) is 8.85. The van der Waals surface area contributed by atoms with Gasteiger partial charge in [-0.1, -0.05) is 0 Å². The summed E-state index contributed by atoms with van der Waals surface area (Å²) in [5, 5.41) is 7.44. The van der Waals surface area contributed by atoms with Gasteiger partial charge in [-0.2, -0.15) is 5.10 Å². The van der Waals surface area contributed by atoms with E-state index in [4.69, 9.17) is 5.73 Å². The highest BCUT2D eigenvalue weighted by Gasteiger charge is 2.56. The van der Waals surface area contributed by atoms with Gasteiger partial charge in [0, 0.05) is 17.1 Å². The molecule has 2 aromatic rings. The number of aromatic nitrogens is 3. The summed E-state index contributed by atoms with van der Waals surface area (Å²) in [7, 11) is 0. The highest BCUT2D eigenvalue weighted by atomic mass is 19.1. The number of hydrogen-bond donors (Lipinski definition) is 2. The Morgan fingerprint density at radius 2 is 1.97 bits per heavy atom. The molecular formula is C22H27FN6O3. The predicted molar refractivity (Wildman–Crippen MR) is 115 cm³/mol. The number of carbonyl (C=O) groups is 3. The topological polar surface area (TPSA) is 123 Å². The normalized spacial score (nSPS) is 21.4. The first kappa shape index (κ1) is 21.9. The van der Waals surface area contributed by atoms with Crippen LogP contribution in [0.15, 0.2) is 17.5 Å². The highest BCUT2D eigenvalue weighted by molar-refractivity contribution is 6.05. The van der Waals surface area contributed by atoms with Gasteiger partial charge in [-0.05, 0) is 58.1 Å². The van der Waals surface area contributed by atoms with Gasteiger partial charge in [0.1, 0.15) is 18.4 Å². The van der Waals surface area contributed by atoms with Crippen LogP contribution in [0, 0.1) is 19.8 Å². The maximum Gasteiger partial charge on any atom is 0.269 e. The first-order valence-electron chi connectivity index (χ1n) is 10.6. The zero-order chi connectivity index (χ0) is 23.3. The molecule has 0 aromatic carbocycles. The van der Waals surface area contributed by atoms with Gasteiger partial charge < -0.3 is 16.0 Å². The second kappa shape index (κ2) is 7.99. The van der Waals surface area contributed by atoms with Gasteiger partial charge in [-0.3, -0.25) is 24.0 Å². The van der Waals surface area contributed by atoms with Crippen LogP contribution in [0.5, 0.6) is 0 Å². The zero-order valence-electron chi connectivity index (χ0n) is 18.6. The average molecular weight is 442 g/mol. The van der Waals surface area contributed by atoms with Crippen molar-refractivity contribution in [3.05, 3.63) is 34.5 Å². The van der Waals surface area contributed by atoms with E-state index >= 15 is 0 Å². The lowest BCUT2D eigenvalue weighted by atomic mass is 10.1. The molecule has 1 saturated carbocycles. The predicted octanol–water partition coefficient (Wildman–Crippen LogP) is 1.52. The Labute approximate surface area is 184 Å². The number of nitrogens with one attached hydrogen (secondary N) is 1. The van der Waals surface area contributed by atoms with Crippen LogP contribution < -0.4 is 11.1 Å². The number of halogens is 1. The van der Waals surface area contributed by atoms with Gasteiger partial charge >= 0.3 is 0 Å². The third kappa shape index (κ3) is 3.85. The number of allylic oxidation sites excluding steroid dienone is 1. The summed E-state index contributed by atoms with van der Waals surface area (Å²) in [6.07, 6.45) is 1.41. The molecule has 2 fully saturated rings. The molecular weight excluding hydrogens is 415 g/mol. The van der Waals surface area contributed by atoms with Crippen molar-refractivity contribution in [2.75, 3.05) is 6.54 Å². The molecule has 1 aliphatic heterocycles. The number of primary amides is 1. The third-order valence-electron chi connectivity index (χ3n) is 6.20. The molecule has 3 heterocycles. The highest BCUT2D eigenvalue weighted by Crippen LogP contribution is 2.48. The van der Waals surface area contributed by atoms with E-state index in [2.05, 4.69) is 15.4 Å². The number of likely N-dealkylation sites (tertiary alicyclic amines) is 1. The minimum atomic E-state index is -0.687. The quantitative estimate of drug-likeness (QED) is 0.702. The van der Waals surface area contributed by atoms with Crippen molar-refractivity contribution in [1.82, 2.24) is 25.0 Å². The van der Waals surface area contributed by atoms with Gasteiger partial charge in [-0.15, -0.1) is 0 Å². The standard InChI is InChI=1S/C22H27FN6O3/c1-10(2)15(23)8-25-22(32)17-7-13-6-16(13)29(17)18(30)9-28-20-12(4)26-11(3)5-14(20)19(27-28)21(24)31/h5,13,16-17H,6-9H2,1-4H3,(H2,24,31)(H,25,32)/t13-,16-,17+/m1/s1. The van der Waals surface area contributed by atoms with Gasteiger partial charge in [-0.25, -0.2) is 4.39 Å². The minimum Gasteiger partial charge on any atom is -0.364 e. The second-order valence-corrected chi connectivity index (χ2v) is 8.85. The molecule has 0 unspecified atom stereocenters. The number of rotatable bonds is 6. The van der Waals surface area contributed by atoms with Crippen LogP contribution in [0.4, 0.5) is 4.39 Å². The Balaban J connectivity index is 1.58. The minimum absolute atomic E-state index is 0.00505. The first-order chi connectivity index (χ1) is 15.1. The molecule has 0 radical (unpaired) electrons. The van der Waals surface area contributed by atoms with Gasteiger partial charge in [0.2, 0.25) is 11.8 Å². The maximum atomic E-state index is 13.8. The molecule has 0 spiro atoms. The van der Waals surface area contributed by atoms with E-state index in [0.717, 1.165) is 6.42 Å². The summed E-state index contributed by atoms with van der Waals surface area (Å²) < 4.78 is 15.3. The van der Waals surface area contributed by atoms with Crippen LogP contribution in [0.25, 0.3) is 10.9 Å². The van der Waals surface area contributed by atoms with Crippen LogP contribution in [-0.4, -0.2) is 56.0 Å². The van der Waals surface area contributed by atoms with Crippen molar-refractivity contribution in [1.29, 1.82) is 0 Å². The Morgan fingerprint density at radius 3 is 2.62 bits per heavy atom. The molecule has 2 aromatic heterocycles. The average Bonchev–Trinajstić information content (AvgIpc) is 3.21. The number of nitrogens with two attached hydrogens (primary N) is 1. The van der Waals surface area contributed by atoms with E-state index in [1.54, 1.807) is 38.7 Å². The van der Waals surface area contributed by atoms with Crippen molar-refractivity contribution in [2.45, 2.75) is 59.2 Å². The smallest absolute Gasteiger partial charge is 0.269 e. The van der Waals surface area contributed by atoms with Crippen molar-refractivity contribution >= 4 is 28.6 Å². The Kier molecular flexibility index (Phi) is 5.47. The van der Waals surface area contributed by atoms with Crippen molar-refractivity contribution in [2.24, 2.45) is 11.7 Å². The van der Waals surface area contributed by atoms with Gasteiger partial charge in [0.25, 0.3) is 5.91 Å². The van der Waals surface area contributed by atoms with Crippen LogP contribution in [-0.2, 0) is 16.1 Å². The molecule has 10 heteroatoms. The summed E-state index contributed by atoms with van der Waals surface area (Å²) in [4.78, 5) is 43.9. The van der Waals surface area contributed by atoms with Crippen LogP contribution in [0.2, 0.25) is 0 Å². The molecule has 1 saturated heterocycles. The van der Waals surface area contributed by atoms with E-state index in [9.17, 15) is 18.8 Å². The monoisotopic (exact) mass is 442 g/mol. The Bertz CT molecular complexity index is 1170. The van der Waals surface area contributed by atoms with Crippen LogP contribution in [0.1, 0.15) is 48.6 Å². The number of piperidine rings is 1. The number of nitrogens with zero attached hydrogens (tertiary/aromatic N) is 4. The largest absolute Gasteiger partial charge is 0.364 e. The fourth-order valence-corrected chi connectivity index (χ4v) is 4.57. The summed E-state index contributed by atoms with van der Waals surface area (Å²) in [5.41, 5.74) is 7.99. The van der Waals surface area contributed by atoms with Gasteiger partial charge in [0.15, 0.2) is 5.69 Å².